The van der Waals surface area contributed by atoms with E-state index < -0.39 is 0 Å². The van der Waals surface area contributed by atoms with E-state index in [9.17, 15) is 0 Å². The second-order valence-corrected chi connectivity index (χ2v) is 16.3. The van der Waals surface area contributed by atoms with Gasteiger partial charge in [0.1, 0.15) is 11.9 Å². The van der Waals surface area contributed by atoms with E-state index in [1.807, 2.05) is 56.4 Å². The van der Waals surface area contributed by atoms with Crippen LogP contribution in [0.15, 0.2) is 273 Å². The average molecular weight is 884 g/mol. The summed E-state index contributed by atoms with van der Waals surface area (Å²) in [5, 5.41) is 6.78. The molecule has 8 aromatic carbocycles. The van der Waals surface area contributed by atoms with Gasteiger partial charge in [0.2, 0.25) is 0 Å². The molecular weight excluding hydrogens is 827 g/mol. The predicted octanol–water partition coefficient (Wildman–Crippen LogP) is 16.1. The Balaban J connectivity index is 0.00000119. The summed E-state index contributed by atoms with van der Waals surface area (Å²) >= 11 is 0. The van der Waals surface area contributed by atoms with Crippen molar-refractivity contribution in [1.29, 1.82) is 0 Å². The van der Waals surface area contributed by atoms with E-state index in [1.165, 1.54) is 21.5 Å². The topological polar surface area (TPSA) is 19.0 Å². The molecule has 68 heavy (non-hydrogen) atoms. The highest BCUT2D eigenvalue weighted by Gasteiger charge is 2.20. The molecule has 0 bridgehead atoms. The number of rotatable bonds is 13. The summed E-state index contributed by atoms with van der Waals surface area (Å²) in [5.41, 5.74) is 9.34. The first-order valence-electron chi connectivity index (χ1n) is 23.0. The molecule has 0 saturated carbocycles. The summed E-state index contributed by atoms with van der Waals surface area (Å²) in [6.45, 7) is 18.2. The highest BCUT2D eigenvalue weighted by atomic mass is 16.5. The highest BCUT2D eigenvalue weighted by Crippen LogP contribution is 2.43. The third-order valence-electron chi connectivity index (χ3n) is 11.8. The molecule has 4 nitrogen and oxygen atoms in total. The van der Waals surface area contributed by atoms with E-state index in [0.29, 0.717) is 0 Å². The zero-order chi connectivity index (χ0) is 47.2. The lowest BCUT2D eigenvalue weighted by atomic mass is 10.1. The maximum atomic E-state index is 6.61. The number of para-hydroxylation sites is 1. The summed E-state index contributed by atoms with van der Waals surface area (Å²) in [7, 11) is 0. The van der Waals surface area contributed by atoms with Gasteiger partial charge in [-0.05, 0) is 140 Å². The summed E-state index contributed by atoms with van der Waals surface area (Å²) < 4.78 is 6.61. The number of hydrogen-bond acceptors (Lipinski definition) is 4. The Morgan fingerprint density at radius 1 is 0.559 bits per heavy atom. The van der Waals surface area contributed by atoms with E-state index in [-0.39, 0.29) is 6.10 Å². The first-order valence-corrected chi connectivity index (χ1v) is 23.0. The quantitative estimate of drug-likeness (QED) is 0.107. The van der Waals surface area contributed by atoms with Gasteiger partial charge in [-0.25, -0.2) is 0 Å². The van der Waals surface area contributed by atoms with Gasteiger partial charge in [-0.3, -0.25) is 0 Å². The zero-order valence-electron chi connectivity index (χ0n) is 39.1. The molecule has 0 aromatic heterocycles. The van der Waals surface area contributed by atoms with E-state index >= 15 is 0 Å². The molecule has 334 valence electrons. The van der Waals surface area contributed by atoms with E-state index in [4.69, 9.17) is 4.74 Å². The Bertz CT molecular complexity index is 3290. The van der Waals surface area contributed by atoms with Crippen molar-refractivity contribution in [1.82, 2.24) is 4.90 Å². The minimum absolute atomic E-state index is 0.280. The minimum atomic E-state index is -0.280. The first-order chi connectivity index (χ1) is 33.4. The molecule has 0 radical (unpaired) electrons. The lowest BCUT2D eigenvalue weighted by Crippen LogP contribution is -2.31. The summed E-state index contributed by atoms with van der Waals surface area (Å²) in [6, 6.07) is 66.2. The second-order valence-electron chi connectivity index (χ2n) is 16.3. The van der Waals surface area contributed by atoms with Crippen LogP contribution >= 0.6 is 0 Å². The molecule has 0 heterocycles. The Labute approximate surface area is 402 Å². The Morgan fingerprint density at radius 2 is 1.07 bits per heavy atom. The molecular formula is C64H57N3O. The van der Waals surface area contributed by atoms with Gasteiger partial charge in [0.15, 0.2) is 0 Å². The Morgan fingerprint density at radius 3 is 1.62 bits per heavy atom. The van der Waals surface area contributed by atoms with Crippen LogP contribution in [-0.2, 0) is 0 Å². The van der Waals surface area contributed by atoms with Crippen LogP contribution < -0.4 is 25.0 Å². The molecule has 8 aromatic rings. The van der Waals surface area contributed by atoms with Crippen LogP contribution in [0.5, 0.6) is 5.75 Å². The molecule has 1 aliphatic rings. The predicted molar refractivity (Wildman–Crippen MR) is 293 cm³/mol. The molecule has 0 fully saturated rings. The molecule has 9 rings (SSSR count). The van der Waals surface area contributed by atoms with Crippen molar-refractivity contribution in [2.75, 3.05) is 9.80 Å². The molecule has 1 unspecified atom stereocenters. The molecule has 4 heteroatoms. The second kappa shape index (κ2) is 22.1. The molecule has 0 spiro atoms. The van der Waals surface area contributed by atoms with Crippen molar-refractivity contribution >= 4 is 67.9 Å². The fourth-order valence-electron chi connectivity index (χ4n) is 8.60. The highest BCUT2D eigenvalue weighted by molar-refractivity contribution is 6.00. The van der Waals surface area contributed by atoms with Gasteiger partial charge in [-0.2, -0.15) is 0 Å². The number of hydrogen-bond donors (Lipinski definition) is 0. The first kappa shape index (κ1) is 45.9. The number of fused-ring (bicyclic) bond motifs is 2. The largest absolute Gasteiger partial charge is 0.482 e. The normalized spacial score (nSPS) is 13.6. The van der Waals surface area contributed by atoms with Crippen LogP contribution in [0.4, 0.5) is 34.1 Å². The molecule has 0 aliphatic heterocycles. The van der Waals surface area contributed by atoms with Crippen LogP contribution in [0.25, 0.3) is 33.8 Å². The molecule has 0 amide bonds. The van der Waals surface area contributed by atoms with Gasteiger partial charge >= 0.3 is 0 Å². The van der Waals surface area contributed by atoms with Crippen molar-refractivity contribution in [2.45, 2.75) is 26.9 Å². The van der Waals surface area contributed by atoms with Crippen LogP contribution in [0.3, 0.4) is 0 Å². The van der Waals surface area contributed by atoms with Gasteiger partial charge in [0.05, 0.1) is 11.4 Å². The lowest BCUT2D eigenvalue weighted by Gasteiger charge is -2.29. The van der Waals surface area contributed by atoms with E-state index in [2.05, 4.69) is 242 Å². The van der Waals surface area contributed by atoms with Gasteiger partial charge in [-0.1, -0.05) is 165 Å². The van der Waals surface area contributed by atoms with Crippen LogP contribution in [-0.4, -0.2) is 11.0 Å². The fourth-order valence-corrected chi connectivity index (χ4v) is 8.60. The van der Waals surface area contributed by atoms with Gasteiger partial charge in [-0.15, -0.1) is 0 Å². The molecule has 1 atom stereocenters. The number of anilines is 6. The summed E-state index contributed by atoms with van der Waals surface area (Å²) in [4.78, 5) is 6.84. The SMILES string of the molecule is C=C(/C=C\C)N(C1=CC=CC(Oc2ccc(N(c3ccc(N(c4ccccc4)c4cccc5ccccc45)cc3)c3cccc4ccccc34)cc2)C=C1)/C(C)=c1\ccccc1=C.C=C/C=C\C. The lowest BCUT2D eigenvalue weighted by molar-refractivity contribution is 0.296. The molecule has 0 N–H and O–H groups in total. The number of benzene rings is 8. The van der Waals surface area contributed by atoms with Gasteiger partial charge < -0.3 is 19.4 Å². The third kappa shape index (κ3) is 10.4. The monoisotopic (exact) mass is 883 g/mol. The smallest absolute Gasteiger partial charge is 0.136 e. The molecule has 1 aliphatic carbocycles. The summed E-state index contributed by atoms with van der Waals surface area (Å²) in [5.74, 6) is 0.771. The maximum absolute atomic E-state index is 6.61. The van der Waals surface area contributed by atoms with Crippen molar-refractivity contribution < 1.29 is 4.74 Å². The zero-order valence-corrected chi connectivity index (χ0v) is 39.1. The standard InChI is InChI=1S/C59H49N3O.C5H8/c1-5-18-44(3)60(45(4)55-28-12-9-19-43(55)2)49-26-17-27-53(40-37-49)63-54-41-38-52(39-42-54)62(59-32-16-23-47-21-11-14-30-57(47)59)51-35-33-50(34-36-51)61(48-24-7-6-8-25-48)58-31-15-22-46-20-10-13-29-56(46)58;1-3-5-4-2/h5-42,53H,2-3H2,1,4H3;3-5H,1H2,2H3/b18-5-,55-45+;5-4-. The summed E-state index contributed by atoms with van der Waals surface area (Å²) in [6.07, 6.45) is 19.7. The van der Waals surface area contributed by atoms with Crippen LogP contribution in [0.1, 0.15) is 20.8 Å². The maximum Gasteiger partial charge on any atom is 0.136 e. The van der Waals surface area contributed by atoms with Gasteiger partial charge in [0, 0.05) is 55.8 Å². The van der Waals surface area contributed by atoms with Crippen molar-refractivity contribution in [2.24, 2.45) is 0 Å². The van der Waals surface area contributed by atoms with E-state index in [0.717, 1.165) is 67.4 Å². The number of ether oxygens (including phenoxy) is 1. The average Bonchev–Trinajstić information content (AvgIpc) is 3.61. The Hall–Kier alpha value is -8.60. The van der Waals surface area contributed by atoms with E-state index in [1.54, 1.807) is 6.08 Å². The molecule has 0 saturated heterocycles. The minimum Gasteiger partial charge on any atom is -0.482 e. The van der Waals surface area contributed by atoms with Crippen LogP contribution in [0, 0.1) is 0 Å². The van der Waals surface area contributed by atoms with Crippen molar-refractivity contribution in [3.05, 3.63) is 284 Å². The van der Waals surface area contributed by atoms with Gasteiger partial charge in [0.25, 0.3) is 0 Å². The van der Waals surface area contributed by atoms with Crippen LogP contribution in [0.2, 0.25) is 0 Å². The van der Waals surface area contributed by atoms with Crippen molar-refractivity contribution in [3.63, 3.8) is 0 Å². The number of allylic oxidation sites excluding steroid dienone is 8. The fraction of sp³-hybridized carbons (Fsp3) is 0.0625. The third-order valence-corrected chi connectivity index (χ3v) is 11.8. The number of nitrogens with zero attached hydrogens (tertiary/aromatic N) is 3. The van der Waals surface area contributed by atoms with Crippen molar-refractivity contribution in [3.8, 4) is 5.75 Å². The Kier molecular flexibility index (Phi) is 14.9.